The third kappa shape index (κ3) is 5.61. The molecule has 8 nitrogen and oxygen atoms in total. The van der Waals surface area contributed by atoms with Crippen LogP contribution in [-0.2, 0) is 14.3 Å². The molecule has 0 aliphatic heterocycles. The first-order valence-electron chi connectivity index (χ1n) is 8.94. The molecule has 0 fully saturated rings. The van der Waals surface area contributed by atoms with Gasteiger partial charge < -0.3 is 19.8 Å². The van der Waals surface area contributed by atoms with Crippen molar-refractivity contribution in [2.45, 2.75) is 20.8 Å². The van der Waals surface area contributed by atoms with Crippen LogP contribution in [0.2, 0.25) is 10.0 Å². The van der Waals surface area contributed by atoms with Gasteiger partial charge in [0.2, 0.25) is 5.78 Å². The van der Waals surface area contributed by atoms with Crippen LogP contribution in [0, 0.1) is 13.8 Å². The molecule has 0 bridgehead atoms. The summed E-state index contributed by atoms with van der Waals surface area (Å²) in [6.07, 6.45) is 0. The maximum Gasteiger partial charge on any atom is 0.340 e. The highest BCUT2D eigenvalue weighted by Crippen LogP contribution is 2.22. The summed E-state index contributed by atoms with van der Waals surface area (Å²) in [5.74, 6) is -2.41. The Kier molecular flexibility index (Phi) is 8.02. The fraction of sp³-hybridized carbons (Fsp3) is 0.300. The Bertz CT molecular complexity index is 999. The van der Waals surface area contributed by atoms with Gasteiger partial charge in [-0.15, -0.1) is 0 Å². The Hall–Kier alpha value is -2.84. The topological polar surface area (TPSA) is 115 Å². The SMILES string of the molecule is CCOC(=O)c1c(C)[nH]c(C(=O)COC(=O)CNC(=O)c2ccc(Cl)c(Cl)c2)c1C. The fourth-order valence-corrected chi connectivity index (χ4v) is 3.00. The lowest BCUT2D eigenvalue weighted by molar-refractivity contribution is -0.141. The van der Waals surface area contributed by atoms with E-state index in [4.69, 9.17) is 32.7 Å². The van der Waals surface area contributed by atoms with Gasteiger partial charge in [0.1, 0.15) is 6.54 Å². The summed E-state index contributed by atoms with van der Waals surface area (Å²) >= 11 is 11.6. The number of halogens is 2. The van der Waals surface area contributed by atoms with E-state index in [9.17, 15) is 19.2 Å². The zero-order chi connectivity index (χ0) is 22.4. The van der Waals surface area contributed by atoms with E-state index in [1.165, 1.54) is 18.2 Å². The Labute approximate surface area is 182 Å². The lowest BCUT2D eigenvalue weighted by Gasteiger charge is -2.07. The smallest absolute Gasteiger partial charge is 0.340 e. The van der Waals surface area contributed by atoms with E-state index in [-0.39, 0.29) is 28.5 Å². The van der Waals surface area contributed by atoms with Crippen molar-refractivity contribution in [1.82, 2.24) is 10.3 Å². The third-order valence-corrected chi connectivity index (χ3v) is 4.87. The van der Waals surface area contributed by atoms with Gasteiger partial charge in [-0.2, -0.15) is 0 Å². The first kappa shape index (κ1) is 23.4. The van der Waals surface area contributed by atoms with Crippen molar-refractivity contribution in [3.8, 4) is 0 Å². The predicted octanol–water partition coefficient (Wildman–Crippen LogP) is 3.27. The number of hydrogen-bond donors (Lipinski definition) is 2. The number of ketones is 1. The van der Waals surface area contributed by atoms with Gasteiger partial charge >= 0.3 is 11.9 Å². The zero-order valence-corrected chi connectivity index (χ0v) is 18.1. The molecule has 0 radical (unpaired) electrons. The summed E-state index contributed by atoms with van der Waals surface area (Å²) in [6, 6.07) is 4.28. The van der Waals surface area contributed by atoms with E-state index in [0.717, 1.165) is 0 Å². The molecular weight excluding hydrogens is 435 g/mol. The molecule has 1 heterocycles. The molecule has 0 unspecified atom stereocenters. The van der Waals surface area contributed by atoms with Crippen molar-refractivity contribution in [2.24, 2.45) is 0 Å². The number of nitrogens with one attached hydrogen (secondary N) is 2. The van der Waals surface area contributed by atoms with Crippen LogP contribution in [-0.4, -0.2) is 48.4 Å². The number of aromatic nitrogens is 1. The molecule has 2 N–H and O–H groups in total. The maximum atomic E-state index is 12.4. The highest BCUT2D eigenvalue weighted by atomic mass is 35.5. The van der Waals surface area contributed by atoms with Crippen molar-refractivity contribution in [2.75, 3.05) is 19.8 Å². The van der Waals surface area contributed by atoms with Gasteiger partial charge in [0.15, 0.2) is 6.61 Å². The number of benzene rings is 1. The quantitative estimate of drug-likeness (QED) is 0.467. The van der Waals surface area contributed by atoms with Crippen LogP contribution in [0.3, 0.4) is 0 Å². The van der Waals surface area contributed by atoms with Crippen molar-refractivity contribution >= 4 is 46.8 Å². The Balaban J connectivity index is 1.91. The Morgan fingerprint density at radius 3 is 2.40 bits per heavy atom. The highest BCUT2D eigenvalue weighted by Gasteiger charge is 2.23. The average molecular weight is 455 g/mol. The highest BCUT2D eigenvalue weighted by molar-refractivity contribution is 6.42. The van der Waals surface area contributed by atoms with Crippen molar-refractivity contribution in [1.29, 1.82) is 0 Å². The first-order chi connectivity index (χ1) is 14.1. The molecule has 1 amide bonds. The molecule has 2 aromatic rings. The molecule has 1 aromatic heterocycles. The molecule has 0 saturated carbocycles. The molecule has 0 spiro atoms. The molecule has 0 aliphatic rings. The molecule has 10 heteroatoms. The normalized spacial score (nSPS) is 10.4. The number of H-pyrrole nitrogens is 1. The number of ether oxygens (including phenoxy) is 2. The summed E-state index contributed by atoms with van der Waals surface area (Å²) < 4.78 is 9.89. The van der Waals surface area contributed by atoms with Crippen molar-refractivity contribution in [3.05, 3.63) is 56.3 Å². The lowest BCUT2D eigenvalue weighted by atomic mass is 10.1. The van der Waals surface area contributed by atoms with Crippen LogP contribution in [0.4, 0.5) is 0 Å². The largest absolute Gasteiger partial charge is 0.462 e. The predicted molar refractivity (Wildman–Crippen MR) is 110 cm³/mol. The minimum atomic E-state index is -0.802. The van der Waals surface area contributed by atoms with Gasteiger partial charge in [0, 0.05) is 11.3 Å². The Morgan fingerprint density at radius 2 is 1.77 bits per heavy atom. The van der Waals surface area contributed by atoms with Gasteiger partial charge in [-0.05, 0) is 44.5 Å². The maximum absolute atomic E-state index is 12.4. The summed E-state index contributed by atoms with van der Waals surface area (Å²) in [5, 5.41) is 2.87. The van der Waals surface area contributed by atoms with E-state index >= 15 is 0 Å². The van der Waals surface area contributed by atoms with Crippen molar-refractivity contribution < 1.29 is 28.7 Å². The average Bonchev–Trinajstić information content (AvgIpc) is 3.00. The molecule has 1 aromatic carbocycles. The van der Waals surface area contributed by atoms with Crippen LogP contribution in [0.25, 0.3) is 0 Å². The van der Waals surface area contributed by atoms with Crippen LogP contribution >= 0.6 is 23.2 Å². The van der Waals surface area contributed by atoms with Gasteiger partial charge in [0.25, 0.3) is 5.91 Å². The second kappa shape index (κ2) is 10.3. The number of aryl methyl sites for hydroxylation is 1. The molecule has 160 valence electrons. The van der Waals surface area contributed by atoms with Crippen LogP contribution in [0.15, 0.2) is 18.2 Å². The van der Waals surface area contributed by atoms with Gasteiger partial charge in [-0.25, -0.2) is 4.79 Å². The van der Waals surface area contributed by atoms with E-state index < -0.39 is 36.8 Å². The summed E-state index contributed by atoms with van der Waals surface area (Å²) in [6.45, 7) is 4.13. The number of rotatable bonds is 8. The van der Waals surface area contributed by atoms with Gasteiger partial charge in [-0.3, -0.25) is 14.4 Å². The molecule has 0 saturated heterocycles. The third-order valence-electron chi connectivity index (χ3n) is 4.14. The number of aromatic amines is 1. The second-order valence-corrected chi connectivity index (χ2v) is 7.06. The lowest BCUT2D eigenvalue weighted by Crippen LogP contribution is -2.31. The van der Waals surface area contributed by atoms with E-state index in [1.807, 2.05) is 0 Å². The molecule has 2 rings (SSSR count). The number of esters is 2. The van der Waals surface area contributed by atoms with Crippen LogP contribution in [0.1, 0.15) is 49.4 Å². The number of Topliss-reactive ketones (excluding diaryl/α,β-unsaturated/α-hetero) is 1. The number of hydrogen-bond acceptors (Lipinski definition) is 6. The standard InChI is InChI=1S/C20H20Cl2N2O6/c1-4-29-20(28)17-10(2)18(24-11(17)3)15(25)9-30-16(26)8-23-19(27)12-5-6-13(21)14(22)7-12/h5-7,24H,4,8-9H2,1-3H3,(H,23,27). The number of carbonyl (C=O) groups is 4. The fourth-order valence-electron chi connectivity index (χ4n) is 2.70. The van der Waals surface area contributed by atoms with Crippen LogP contribution in [0.5, 0.6) is 0 Å². The van der Waals surface area contributed by atoms with Crippen LogP contribution < -0.4 is 5.32 Å². The minimum absolute atomic E-state index is 0.156. The molecular formula is C20H20Cl2N2O6. The monoisotopic (exact) mass is 454 g/mol. The summed E-state index contributed by atoms with van der Waals surface area (Å²) in [7, 11) is 0. The Morgan fingerprint density at radius 1 is 1.07 bits per heavy atom. The minimum Gasteiger partial charge on any atom is -0.462 e. The summed E-state index contributed by atoms with van der Waals surface area (Å²) in [4.78, 5) is 51.1. The van der Waals surface area contributed by atoms with E-state index in [1.54, 1.807) is 20.8 Å². The van der Waals surface area contributed by atoms with Gasteiger partial charge in [0.05, 0.1) is 27.9 Å². The van der Waals surface area contributed by atoms with Crippen molar-refractivity contribution in [3.63, 3.8) is 0 Å². The van der Waals surface area contributed by atoms with E-state index in [2.05, 4.69) is 10.3 Å². The summed E-state index contributed by atoms with van der Waals surface area (Å²) in [5.41, 5.74) is 1.55. The molecule has 0 aliphatic carbocycles. The molecule has 0 atom stereocenters. The number of carbonyl (C=O) groups excluding carboxylic acids is 4. The first-order valence-corrected chi connectivity index (χ1v) is 9.69. The zero-order valence-electron chi connectivity index (χ0n) is 16.6. The second-order valence-electron chi connectivity index (χ2n) is 6.24. The van der Waals surface area contributed by atoms with E-state index in [0.29, 0.717) is 16.3 Å². The number of amides is 1. The molecule has 30 heavy (non-hydrogen) atoms. The van der Waals surface area contributed by atoms with Gasteiger partial charge in [-0.1, -0.05) is 23.2 Å².